The van der Waals surface area contributed by atoms with Crippen molar-refractivity contribution in [2.24, 2.45) is 5.41 Å². The van der Waals surface area contributed by atoms with Crippen LogP contribution in [0.2, 0.25) is 0 Å². The Morgan fingerprint density at radius 2 is 1.85 bits per heavy atom. The molecule has 1 saturated carbocycles. The zero-order valence-corrected chi connectivity index (χ0v) is 22.5. The minimum Gasteiger partial charge on any atom is -0.456 e. The number of carbonyl (C=O) groups excluding carboxylic acids is 4. The van der Waals surface area contributed by atoms with E-state index in [2.05, 4.69) is 0 Å². The molecule has 5 heterocycles. The number of hydrogen-bond acceptors (Lipinski definition) is 12. The van der Waals surface area contributed by atoms with Crippen LogP contribution >= 0.6 is 41.2 Å². The van der Waals surface area contributed by atoms with Crippen molar-refractivity contribution in [1.82, 2.24) is 9.80 Å². The first-order chi connectivity index (χ1) is 15.7. The molecule has 1 aliphatic carbocycles. The van der Waals surface area contributed by atoms with Gasteiger partial charge in [-0.3, -0.25) is 19.2 Å². The standard InChI is InChI=1S/C20H26N2O8S4/c1-9-16(3,4)12(25)18(30-9)6-11-17(28,13(18)29-10(2)24)7-19-14(26)21(5)20(8-23,15(27)22(11)19)32-34-33-31-19/h9,11,13,23,28H,6-8H2,1-5H3/t9?,11-,13+,17+,18-,19-,20-/m1/s1. The van der Waals surface area contributed by atoms with Gasteiger partial charge in [-0.05, 0) is 48.2 Å². The van der Waals surface area contributed by atoms with Crippen LogP contribution in [0.1, 0.15) is 40.5 Å². The molecule has 2 spiro atoms. The fourth-order valence-electron chi connectivity index (χ4n) is 6.11. The molecule has 5 aliphatic heterocycles. The number of esters is 1. The summed E-state index contributed by atoms with van der Waals surface area (Å²) in [4.78, 5) is 53.2. The average molecular weight is 551 g/mol. The van der Waals surface area contributed by atoms with Crippen molar-refractivity contribution in [3.8, 4) is 0 Å². The molecule has 188 valence electrons. The summed E-state index contributed by atoms with van der Waals surface area (Å²) in [6.45, 7) is 5.79. The van der Waals surface area contributed by atoms with Crippen molar-refractivity contribution in [3.63, 3.8) is 0 Å². The molecule has 2 N–H and O–H groups in total. The second-order valence-corrected chi connectivity index (χ2v) is 16.4. The van der Waals surface area contributed by atoms with Gasteiger partial charge < -0.3 is 29.5 Å². The molecule has 2 amide bonds. The van der Waals surface area contributed by atoms with Crippen LogP contribution in [0.5, 0.6) is 0 Å². The maximum atomic E-state index is 14.0. The Hall–Kier alpha value is -0.640. The summed E-state index contributed by atoms with van der Waals surface area (Å²) in [6.07, 6.45) is -2.29. The van der Waals surface area contributed by atoms with Crippen LogP contribution in [0.15, 0.2) is 0 Å². The molecule has 6 aliphatic rings. The van der Waals surface area contributed by atoms with Crippen molar-refractivity contribution in [1.29, 1.82) is 0 Å². The van der Waals surface area contributed by atoms with Crippen LogP contribution in [-0.4, -0.2) is 96.4 Å². The summed E-state index contributed by atoms with van der Waals surface area (Å²) >= 11 is 0. The van der Waals surface area contributed by atoms with Crippen molar-refractivity contribution >= 4 is 64.8 Å². The molecular formula is C20H26N2O8S4. The molecule has 0 aromatic rings. The fourth-order valence-corrected chi connectivity index (χ4v) is 13.8. The summed E-state index contributed by atoms with van der Waals surface area (Å²) in [5.74, 6) is -1.98. The maximum Gasteiger partial charge on any atom is 0.303 e. The van der Waals surface area contributed by atoms with Gasteiger partial charge in [0.1, 0.15) is 5.60 Å². The van der Waals surface area contributed by atoms with Crippen molar-refractivity contribution in [2.45, 2.75) is 79.7 Å². The molecule has 6 rings (SSSR count). The second kappa shape index (κ2) is 7.45. The topological polar surface area (TPSA) is 134 Å². The van der Waals surface area contributed by atoms with Gasteiger partial charge >= 0.3 is 5.97 Å². The molecule has 7 atom stereocenters. The van der Waals surface area contributed by atoms with Gasteiger partial charge in [-0.15, -0.1) is 0 Å². The molecule has 5 saturated heterocycles. The number of carbonyl (C=O) groups is 4. The number of Topliss-reactive ketones (excluding diaryl/α,β-unsaturated/α-hetero) is 1. The number of amides is 2. The van der Waals surface area contributed by atoms with Gasteiger partial charge in [0, 0.05) is 26.8 Å². The Bertz CT molecular complexity index is 1010. The number of hydrogen-bond donors (Lipinski definition) is 2. The third-order valence-corrected chi connectivity index (χ3v) is 15.4. The first kappa shape index (κ1) is 25.0. The lowest BCUT2D eigenvalue weighted by atomic mass is 9.76. The Labute approximate surface area is 211 Å². The van der Waals surface area contributed by atoms with Gasteiger partial charge in [-0.1, -0.05) is 13.8 Å². The minimum atomic E-state index is -1.91. The number of aliphatic hydroxyl groups excluding tert-OH is 1. The lowest BCUT2D eigenvalue weighted by Crippen LogP contribution is -2.74. The summed E-state index contributed by atoms with van der Waals surface area (Å²) in [5.41, 5.74) is -4.48. The Kier molecular flexibility index (Phi) is 5.48. The lowest BCUT2D eigenvalue weighted by molar-refractivity contribution is -0.189. The third kappa shape index (κ3) is 2.71. The van der Waals surface area contributed by atoms with Gasteiger partial charge in [-0.2, -0.15) is 0 Å². The third-order valence-electron chi connectivity index (χ3n) is 8.15. The van der Waals surface area contributed by atoms with Gasteiger partial charge in [0.15, 0.2) is 22.4 Å². The number of nitrogens with zero attached hydrogens (tertiary/aromatic N) is 2. The zero-order valence-electron chi connectivity index (χ0n) is 19.2. The Morgan fingerprint density at radius 3 is 2.41 bits per heavy atom. The summed E-state index contributed by atoms with van der Waals surface area (Å²) < 4.78 is 11.8. The van der Waals surface area contributed by atoms with E-state index in [0.29, 0.717) is 0 Å². The quantitative estimate of drug-likeness (QED) is 0.375. The van der Waals surface area contributed by atoms with Crippen LogP contribution in [0.4, 0.5) is 0 Å². The number of ketones is 1. The maximum absolute atomic E-state index is 14.0. The van der Waals surface area contributed by atoms with Gasteiger partial charge in [0.05, 0.1) is 24.2 Å². The van der Waals surface area contributed by atoms with E-state index in [1.165, 1.54) is 43.4 Å². The van der Waals surface area contributed by atoms with E-state index in [1.54, 1.807) is 20.8 Å². The van der Waals surface area contributed by atoms with E-state index in [1.807, 2.05) is 0 Å². The Morgan fingerprint density at radius 1 is 1.21 bits per heavy atom. The summed E-state index contributed by atoms with van der Waals surface area (Å²) in [7, 11) is 6.26. The normalized spacial score (nSPS) is 47.1. The molecule has 0 aromatic carbocycles. The lowest BCUT2D eigenvalue weighted by Gasteiger charge is -2.54. The molecule has 34 heavy (non-hydrogen) atoms. The summed E-state index contributed by atoms with van der Waals surface area (Å²) in [5, 5.41) is 22.5. The highest BCUT2D eigenvalue weighted by Gasteiger charge is 2.83. The van der Waals surface area contributed by atoms with Crippen LogP contribution < -0.4 is 0 Å². The molecule has 1 unspecified atom stereocenters. The number of ether oxygens (including phenoxy) is 2. The SMILES string of the molecule is CC(=O)O[C@H]1[C@]2(O)C[C@]34SSSS[C@](CO)(C(=O)N3[C@@H]2C[C@]12OC(C)C(C)(C)C2=O)N(C)C4=O. The van der Waals surface area contributed by atoms with Crippen molar-refractivity contribution < 1.29 is 38.9 Å². The van der Waals surface area contributed by atoms with Crippen molar-refractivity contribution in [3.05, 3.63) is 0 Å². The second-order valence-electron chi connectivity index (χ2n) is 10.1. The molecule has 2 bridgehead atoms. The number of fused-ring (bicyclic) bond motifs is 5. The first-order valence-corrected chi connectivity index (χ1v) is 15.6. The molecule has 6 fully saturated rings. The van der Waals surface area contributed by atoms with E-state index in [-0.39, 0.29) is 18.6 Å². The monoisotopic (exact) mass is 550 g/mol. The fraction of sp³-hybridized carbons (Fsp3) is 0.800. The largest absolute Gasteiger partial charge is 0.456 e. The molecule has 14 heteroatoms. The van der Waals surface area contributed by atoms with E-state index < -0.39 is 69.0 Å². The highest BCUT2D eigenvalue weighted by Crippen LogP contribution is 2.69. The van der Waals surface area contributed by atoms with Gasteiger partial charge in [-0.25, -0.2) is 0 Å². The van der Waals surface area contributed by atoms with Gasteiger partial charge in [0.25, 0.3) is 11.8 Å². The van der Waals surface area contributed by atoms with Crippen LogP contribution in [0, 0.1) is 5.41 Å². The number of piperazine rings is 1. The number of likely N-dealkylation sites (N-methyl/N-ethyl adjacent to an activating group) is 1. The predicted octanol–water partition coefficient (Wildman–Crippen LogP) is 0.955. The van der Waals surface area contributed by atoms with E-state index in [9.17, 15) is 29.4 Å². The van der Waals surface area contributed by atoms with Crippen LogP contribution in [0.25, 0.3) is 0 Å². The average Bonchev–Trinajstić information content (AvgIpc) is 3.21. The molecule has 0 aromatic heterocycles. The van der Waals surface area contributed by atoms with Gasteiger partial charge in [0.2, 0.25) is 4.87 Å². The first-order valence-electron chi connectivity index (χ1n) is 10.8. The highest BCUT2D eigenvalue weighted by atomic mass is 33.7. The van der Waals surface area contributed by atoms with Crippen molar-refractivity contribution in [2.75, 3.05) is 13.7 Å². The smallest absolute Gasteiger partial charge is 0.303 e. The Balaban J connectivity index is 1.69. The molecular weight excluding hydrogens is 524 g/mol. The zero-order chi connectivity index (χ0) is 25.1. The number of rotatable bonds is 2. The van der Waals surface area contributed by atoms with E-state index >= 15 is 0 Å². The van der Waals surface area contributed by atoms with Crippen LogP contribution in [0.3, 0.4) is 0 Å². The van der Waals surface area contributed by atoms with E-state index in [4.69, 9.17) is 9.47 Å². The predicted molar refractivity (Wildman–Crippen MR) is 128 cm³/mol. The summed E-state index contributed by atoms with van der Waals surface area (Å²) in [6, 6.07) is -1.03. The molecule has 0 radical (unpaired) electrons. The molecule has 10 nitrogen and oxygen atoms in total. The van der Waals surface area contributed by atoms with Crippen LogP contribution in [-0.2, 0) is 28.7 Å². The number of aliphatic hydroxyl groups is 2. The van der Waals surface area contributed by atoms with E-state index in [0.717, 1.165) is 21.6 Å². The highest BCUT2D eigenvalue weighted by molar-refractivity contribution is 9.26. The minimum absolute atomic E-state index is 0.122.